The van der Waals surface area contributed by atoms with Crippen molar-refractivity contribution in [2.45, 2.75) is 62.3 Å². The monoisotopic (exact) mass is 426 g/mol. The summed E-state index contributed by atoms with van der Waals surface area (Å²) in [5.74, 6) is -0.811. The Hall–Kier alpha value is -0.680. The Kier molecular flexibility index (Phi) is 4.53. The minimum absolute atomic E-state index is 0.00149. The van der Waals surface area contributed by atoms with Gasteiger partial charge in [0.05, 0.1) is 10.3 Å². The van der Waals surface area contributed by atoms with Crippen LogP contribution in [0.1, 0.15) is 46.5 Å². The lowest BCUT2D eigenvalue weighted by molar-refractivity contribution is -0.167. The highest BCUT2D eigenvalue weighted by atomic mass is 35.5. The molecule has 0 aliphatic heterocycles. The molecule has 0 aromatic heterocycles. The van der Waals surface area contributed by atoms with Gasteiger partial charge >= 0.3 is 0 Å². The van der Waals surface area contributed by atoms with Gasteiger partial charge in [0.25, 0.3) is 0 Å². The minimum Gasteiger partial charge on any atom is -0.388 e. The summed E-state index contributed by atoms with van der Waals surface area (Å²) in [6.07, 6.45) is 7.76. The first-order chi connectivity index (χ1) is 13.0. The molecule has 0 spiro atoms. The maximum Gasteiger partial charge on any atom is 0.190 e. The van der Waals surface area contributed by atoms with E-state index >= 15 is 0 Å². The molecule has 0 aromatic carbocycles. The number of rotatable bonds is 2. The zero-order valence-electron chi connectivity index (χ0n) is 16.5. The van der Waals surface area contributed by atoms with Crippen LogP contribution in [0, 0.1) is 28.6 Å². The number of aliphatic hydroxyl groups is 2. The van der Waals surface area contributed by atoms with E-state index in [9.17, 15) is 19.8 Å². The average molecular weight is 427 g/mol. The number of halogens is 2. The fourth-order valence-electron chi connectivity index (χ4n) is 7.20. The normalized spacial score (nSPS) is 52.5. The Labute approximate surface area is 176 Å². The van der Waals surface area contributed by atoms with Crippen molar-refractivity contribution in [3.63, 3.8) is 0 Å². The lowest BCUT2D eigenvalue weighted by Crippen LogP contribution is -2.67. The van der Waals surface area contributed by atoms with Gasteiger partial charge in [0, 0.05) is 10.8 Å². The largest absolute Gasteiger partial charge is 0.388 e. The van der Waals surface area contributed by atoms with Crippen molar-refractivity contribution >= 4 is 34.8 Å². The first-order valence-corrected chi connectivity index (χ1v) is 10.9. The molecule has 0 amide bonds. The molecule has 6 heteroatoms. The van der Waals surface area contributed by atoms with Gasteiger partial charge in [0.15, 0.2) is 11.6 Å². The number of hydrogen-bond donors (Lipinski definition) is 2. The van der Waals surface area contributed by atoms with E-state index in [4.69, 9.17) is 23.2 Å². The van der Waals surface area contributed by atoms with Crippen molar-refractivity contribution < 1.29 is 19.8 Å². The summed E-state index contributed by atoms with van der Waals surface area (Å²) in [6.45, 7) is 5.20. The van der Waals surface area contributed by atoms with Gasteiger partial charge in [0.1, 0.15) is 12.2 Å². The first kappa shape index (κ1) is 20.6. The van der Waals surface area contributed by atoms with Gasteiger partial charge in [-0.25, -0.2) is 0 Å². The number of carbonyl (C=O) groups is 2. The Bertz CT molecular complexity index is 806. The molecule has 3 fully saturated rings. The Morgan fingerprint density at radius 3 is 2.64 bits per heavy atom. The Morgan fingerprint density at radius 1 is 1.32 bits per heavy atom. The van der Waals surface area contributed by atoms with E-state index in [0.717, 1.165) is 18.4 Å². The second-order valence-electron chi connectivity index (χ2n) is 9.70. The molecule has 28 heavy (non-hydrogen) atoms. The summed E-state index contributed by atoms with van der Waals surface area (Å²) in [4.78, 5) is 23.8. The molecule has 0 bridgehead atoms. The number of aliphatic hydroxyl groups excluding tert-OH is 1. The standard InChI is InChI=1S/C22H28Cl2O4/c1-12-8-16-15-5-4-13-9-14(26)6-7-19(13,2)21(15,24)17(23)10-20(16,3)22(12,28)18(27)11-25/h6-7,9,12,15-17,25,28H,4-5,8,10-11H2,1-3H3/t12-,15-,16-,17-,19-,20-,21-,22-/m0/s1. The minimum atomic E-state index is -1.60. The van der Waals surface area contributed by atoms with Crippen molar-refractivity contribution in [2.75, 3.05) is 6.61 Å². The molecular formula is C22H28Cl2O4. The third-order valence-corrected chi connectivity index (χ3v) is 10.3. The van der Waals surface area contributed by atoms with Gasteiger partial charge in [-0.3, -0.25) is 9.59 Å². The van der Waals surface area contributed by atoms with Crippen LogP contribution < -0.4 is 0 Å². The number of Topliss-reactive ketones (excluding diaryl/α,β-unsaturated/α-hetero) is 1. The maximum absolute atomic E-state index is 12.6. The number of alkyl halides is 2. The molecular weight excluding hydrogens is 399 g/mol. The van der Waals surface area contributed by atoms with E-state index in [-0.39, 0.29) is 23.5 Å². The summed E-state index contributed by atoms with van der Waals surface area (Å²) in [5.41, 5.74) is -1.86. The number of allylic oxidation sites excluding steroid dienone is 4. The topological polar surface area (TPSA) is 74.6 Å². The van der Waals surface area contributed by atoms with Crippen LogP contribution in [0.15, 0.2) is 23.8 Å². The van der Waals surface area contributed by atoms with Gasteiger partial charge in [-0.05, 0) is 55.6 Å². The lowest BCUT2D eigenvalue weighted by Gasteiger charge is -2.63. The van der Waals surface area contributed by atoms with Gasteiger partial charge in [-0.2, -0.15) is 0 Å². The number of fused-ring (bicyclic) bond motifs is 5. The molecule has 4 nitrogen and oxygen atoms in total. The highest BCUT2D eigenvalue weighted by Gasteiger charge is 2.74. The van der Waals surface area contributed by atoms with Gasteiger partial charge < -0.3 is 10.2 Å². The van der Waals surface area contributed by atoms with Crippen molar-refractivity contribution in [3.8, 4) is 0 Å². The quantitative estimate of drug-likeness (QED) is 0.663. The summed E-state index contributed by atoms with van der Waals surface area (Å²) < 4.78 is 0. The number of hydrogen-bond acceptors (Lipinski definition) is 4. The molecule has 0 saturated heterocycles. The highest BCUT2D eigenvalue weighted by molar-refractivity contribution is 6.34. The predicted octanol–water partition coefficient (Wildman–Crippen LogP) is 3.41. The van der Waals surface area contributed by atoms with Crippen LogP contribution in [-0.4, -0.2) is 44.2 Å². The van der Waals surface area contributed by atoms with Crippen LogP contribution in [0.2, 0.25) is 0 Å². The number of carbonyl (C=O) groups excluding carboxylic acids is 2. The zero-order chi connectivity index (χ0) is 20.7. The van der Waals surface area contributed by atoms with E-state index in [1.807, 2.05) is 19.9 Å². The highest BCUT2D eigenvalue weighted by Crippen LogP contribution is 2.72. The SMILES string of the molecule is C[C@H]1C[C@H]2[C@@H]3CCC4=CC(=O)C=C[C@]4(C)[C@@]3(Cl)[C@@H](Cl)C[C@]2(C)[C@@]1(O)C(=O)CO. The molecule has 4 rings (SSSR count). The van der Waals surface area contributed by atoms with Gasteiger partial charge in [0.2, 0.25) is 0 Å². The van der Waals surface area contributed by atoms with E-state index in [1.165, 1.54) is 0 Å². The van der Waals surface area contributed by atoms with Crippen LogP contribution in [0.4, 0.5) is 0 Å². The predicted molar refractivity (Wildman–Crippen MR) is 108 cm³/mol. The molecule has 0 aromatic rings. The van der Waals surface area contributed by atoms with E-state index in [1.54, 1.807) is 12.2 Å². The summed E-state index contributed by atoms with van der Waals surface area (Å²) in [5, 5.41) is 20.6. The zero-order valence-corrected chi connectivity index (χ0v) is 18.1. The molecule has 0 radical (unpaired) electrons. The van der Waals surface area contributed by atoms with Crippen LogP contribution in [-0.2, 0) is 9.59 Å². The summed E-state index contributed by atoms with van der Waals surface area (Å²) >= 11 is 14.4. The van der Waals surface area contributed by atoms with Crippen LogP contribution in [0.3, 0.4) is 0 Å². The first-order valence-electron chi connectivity index (χ1n) is 10.1. The molecule has 4 aliphatic carbocycles. The van der Waals surface area contributed by atoms with E-state index in [2.05, 4.69) is 6.92 Å². The maximum atomic E-state index is 12.6. The van der Waals surface area contributed by atoms with Gasteiger partial charge in [-0.1, -0.05) is 32.4 Å². The molecule has 8 atom stereocenters. The fourth-order valence-corrected chi connectivity index (χ4v) is 8.43. The van der Waals surface area contributed by atoms with Crippen molar-refractivity contribution in [2.24, 2.45) is 28.6 Å². The fraction of sp³-hybridized carbons (Fsp3) is 0.727. The molecule has 154 valence electrons. The van der Waals surface area contributed by atoms with E-state index in [0.29, 0.717) is 12.8 Å². The van der Waals surface area contributed by atoms with Crippen LogP contribution >= 0.6 is 23.2 Å². The Morgan fingerprint density at radius 2 is 2.00 bits per heavy atom. The molecule has 4 aliphatic rings. The average Bonchev–Trinajstić information content (AvgIpc) is 2.84. The molecule has 3 saturated carbocycles. The third-order valence-electron chi connectivity index (χ3n) is 8.75. The molecule has 0 unspecified atom stereocenters. The Balaban J connectivity index is 1.84. The summed E-state index contributed by atoms with van der Waals surface area (Å²) in [6, 6.07) is 0. The van der Waals surface area contributed by atoms with Crippen molar-refractivity contribution in [1.82, 2.24) is 0 Å². The lowest BCUT2D eigenvalue weighted by atomic mass is 9.46. The second-order valence-corrected chi connectivity index (χ2v) is 10.9. The van der Waals surface area contributed by atoms with Gasteiger partial charge in [-0.15, -0.1) is 23.2 Å². The van der Waals surface area contributed by atoms with E-state index < -0.39 is 39.1 Å². The van der Waals surface area contributed by atoms with Crippen molar-refractivity contribution in [1.29, 1.82) is 0 Å². The van der Waals surface area contributed by atoms with Crippen LogP contribution in [0.25, 0.3) is 0 Å². The smallest absolute Gasteiger partial charge is 0.190 e. The molecule has 2 N–H and O–H groups in total. The number of ketones is 2. The van der Waals surface area contributed by atoms with Crippen LogP contribution in [0.5, 0.6) is 0 Å². The second kappa shape index (κ2) is 6.16. The summed E-state index contributed by atoms with van der Waals surface area (Å²) in [7, 11) is 0. The third kappa shape index (κ3) is 2.16. The molecule has 0 heterocycles. The van der Waals surface area contributed by atoms with Crippen molar-refractivity contribution in [3.05, 3.63) is 23.8 Å².